The Morgan fingerprint density at radius 2 is 2.05 bits per heavy atom. The molecule has 2 heterocycles. The molecule has 1 aliphatic heterocycles. The van der Waals surface area contributed by atoms with Crippen LogP contribution in [-0.4, -0.2) is 23.6 Å². The Kier molecular flexibility index (Phi) is 3.82. The van der Waals surface area contributed by atoms with Gasteiger partial charge in [0.05, 0.1) is 19.1 Å². The van der Waals surface area contributed by atoms with Gasteiger partial charge in [0, 0.05) is 5.56 Å². The van der Waals surface area contributed by atoms with Gasteiger partial charge in [-0.3, -0.25) is 4.79 Å². The second kappa shape index (κ2) is 5.93. The van der Waals surface area contributed by atoms with E-state index >= 15 is 0 Å². The summed E-state index contributed by atoms with van der Waals surface area (Å²) in [7, 11) is 0. The number of para-hydroxylation sites is 1. The third-order valence-electron chi connectivity index (χ3n) is 3.58. The van der Waals surface area contributed by atoms with Crippen molar-refractivity contribution < 1.29 is 23.8 Å². The van der Waals surface area contributed by atoms with Gasteiger partial charge in [0.15, 0.2) is 0 Å². The number of ether oxygens (including phenoxy) is 1. The zero-order chi connectivity index (χ0) is 15.5. The van der Waals surface area contributed by atoms with Crippen molar-refractivity contribution in [3.05, 3.63) is 53.5 Å². The number of hydrogen-bond donors (Lipinski definition) is 2. The molecule has 1 amide bonds. The molecule has 1 aromatic heterocycles. The molecule has 1 aromatic carbocycles. The fourth-order valence-corrected chi connectivity index (χ4v) is 2.50. The fourth-order valence-electron chi connectivity index (χ4n) is 2.50. The van der Waals surface area contributed by atoms with Crippen LogP contribution in [0.2, 0.25) is 0 Å². The van der Waals surface area contributed by atoms with Gasteiger partial charge in [-0.15, -0.1) is 0 Å². The number of fused-ring (bicyclic) bond motifs is 1. The Bertz CT molecular complexity index is 706. The van der Waals surface area contributed by atoms with Crippen molar-refractivity contribution in [2.75, 3.05) is 6.61 Å². The van der Waals surface area contributed by atoms with Crippen LogP contribution >= 0.6 is 0 Å². The van der Waals surface area contributed by atoms with Crippen molar-refractivity contribution >= 4 is 11.9 Å². The number of benzene rings is 1. The van der Waals surface area contributed by atoms with Gasteiger partial charge in [-0.1, -0.05) is 18.2 Å². The fraction of sp³-hybridized carbons (Fsp3) is 0.250. The molecule has 0 unspecified atom stereocenters. The Morgan fingerprint density at radius 1 is 1.23 bits per heavy atom. The lowest BCUT2D eigenvalue weighted by atomic mass is 9.92. The number of rotatable bonds is 4. The molecule has 2 N–H and O–H groups in total. The minimum Gasteiger partial charge on any atom is -0.493 e. The lowest BCUT2D eigenvalue weighted by Crippen LogP contribution is -2.31. The van der Waals surface area contributed by atoms with Crippen LogP contribution in [0.15, 0.2) is 40.8 Å². The van der Waals surface area contributed by atoms with Crippen LogP contribution < -0.4 is 10.1 Å². The van der Waals surface area contributed by atoms with Crippen LogP contribution in [0.5, 0.6) is 5.75 Å². The van der Waals surface area contributed by atoms with Crippen LogP contribution in [0.3, 0.4) is 0 Å². The monoisotopic (exact) mass is 301 g/mol. The third kappa shape index (κ3) is 2.81. The molecule has 0 spiro atoms. The Hall–Kier alpha value is -2.76. The molecule has 3 rings (SSSR count). The van der Waals surface area contributed by atoms with E-state index in [2.05, 4.69) is 5.32 Å². The number of furan rings is 1. The maximum Gasteiger partial charge on any atom is 0.371 e. The van der Waals surface area contributed by atoms with Crippen LogP contribution in [0.1, 0.15) is 34.2 Å². The summed E-state index contributed by atoms with van der Waals surface area (Å²) in [5.41, 5.74) is 0.872. The maximum atomic E-state index is 12.4. The summed E-state index contributed by atoms with van der Waals surface area (Å²) in [6, 6.07) is 10.4. The molecule has 2 aromatic rings. The highest BCUT2D eigenvalue weighted by atomic mass is 16.5. The molecule has 0 saturated carbocycles. The summed E-state index contributed by atoms with van der Waals surface area (Å²) >= 11 is 0. The van der Waals surface area contributed by atoms with Crippen LogP contribution in [0.4, 0.5) is 0 Å². The second-order valence-corrected chi connectivity index (χ2v) is 5.02. The van der Waals surface area contributed by atoms with E-state index in [1.165, 1.54) is 6.07 Å². The van der Waals surface area contributed by atoms with Crippen molar-refractivity contribution in [1.29, 1.82) is 0 Å². The molecule has 1 atom stereocenters. The number of carboxylic acid groups (broad SMARTS) is 1. The van der Waals surface area contributed by atoms with E-state index in [-0.39, 0.29) is 24.1 Å². The molecular formula is C16H15NO5. The normalized spacial score (nSPS) is 16.5. The summed E-state index contributed by atoms with van der Waals surface area (Å²) in [6.45, 7) is 0.657. The molecule has 6 heteroatoms. The van der Waals surface area contributed by atoms with E-state index in [1.807, 2.05) is 24.3 Å². The largest absolute Gasteiger partial charge is 0.493 e. The lowest BCUT2D eigenvalue weighted by molar-refractivity contribution is -0.123. The number of hydrogen-bond acceptors (Lipinski definition) is 4. The maximum absolute atomic E-state index is 12.4. The smallest absolute Gasteiger partial charge is 0.371 e. The molecule has 0 saturated heterocycles. The van der Waals surface area contributed by atoms with Gasteiger partial charge in [-0.25, -0.2) is 4.79 Å². The highest BCUT2D eigenvalue weighted by Crippen LogP contribution is 2.33. The Morgan fingerprint density at radius 3 is 2.82 bits per heavy atom. The molecule has 0 bridgehead atoms. The Labute approximate surface area is 126 Å². The van der Waals surface area contributed by atoms with Crippen molar-refractivity contribution in [1.82, 2.24) is 5.32 Å². The zero-order valence-electron chi connectivity index (χ0n) is 11.7. The summed E-state index contributed by atoms with van der Waals surface area (Å²) < 4.78 is 10.6. The Balaban J connectivity index is 1.66. The number of nitrogens with one attached hydrogen (secondary N) is 1. The first kappa shape index (κ1) is 14.2. The number of carboxylic acids is 1. The predicted molar refractivity (Wildman–Crippen MR) is 76.8 cm³/mol. The van der Waals surface area contributed by atoms with E-state index < -0.39 is 5.97 Å². The molecule has 22 heavy (non-hydrogen) atoms. The highest BCUT2D eigenvalue weighted by molar-refractivity contribution is 5.85. The molecular weight excluding hydrogens is 286 g/mol. The molecule has 0 fully saturated rings. The van der Waals surface area contributed by atoms with Crippen molar-refractivity contribution in [2.24, 2.45) is 0 Å². The quantitative estimate of drug-likeness (QED) is 0.903. The molecule has 6 nitrogen and oxygen atoms in total. The molecule has 1 aliphatic rings. The SMILES string of the molecule is O=C(O)c1ccc(CNC(=O)[C@H]2CCOc3ccccc32)o1. The van der Waals surface area contributed by atoms with Crippen molar-refractivity contribution in [2.45, 2.75) is 18.9 Å². The van der Waals surface area contributed by atoms with Gasteiger partial charge in [-0.05, 0) is 24.6 Å². The molecule has 114 valence electrons. The summed E-state index contributed by atoms with van der Waals surface area (Å²) in [5, 5.41) is 11.6. The average Bonchev–Trinajstić information content (AvgIpc) is 3.01. The van der Waals surface area contributed by atoms with Crippen LogP contribution in [-0.2, 0) is 11.3 Å². The summed E-state index contributed by atoms with van der Waals surface area (Å²) in [6.07, 6.45) is 0.612. The average molecular weight is 301 g/mol. The summed E-state index contributed by atoms with van der Waals surface area (Å²) in [4.78, 5) is 23.1. The zero-order valence-corrected chi connectivity index (χ0v) is 11.7. The van der Waals surface area contributed by atoms with Gasteiger partial charge >= 0.3 is 5.97 Å². The first-order chi connectivity index (χ1) is 10.6. The predicted octanol–water partition coefficient (Wildman–Crippen LogP) is 2.16. The topological polar surface area (TPSA) is 88.8 Å². The van der Waals surface area contributed by atoms with Crippen LogP contribution in [0.25, 0.3) is 0 Å². The standard InChI is InChI=1S/C16H15NO5/c18-15(17-9-10-5-6-14(22-10)16(19)20)12-7-8-21-13-4-2-1-3-11(12)13/h1-6,12H,7-9H2,(H,17,18)(H,19,20)/t12-/m0/s1. The molecule has 0 radical (unpaired) electrons. The summed E-state index contributed by atoms with van der Waals surface area (Å²) in [5.74, 6) is -0.509. The first-order valence-corrected chi connectivity index (χ1v) is 6.96. The van der Waals surface area contributed by atoms with Gasteiger partial charge in [0.2, 0.25) is 11.7 Å². The van der Waals surface area contributed by atoms with E-state index in [4.69, 9.17) is 14.3 Å². The van der Waals surface area contributed by atoms with E-state index in [9.17, 15) is 9.59 Å². The second-order valence-electron chi connectivity index (χ2n) is 5.02. The first-order valence-electron chi connectivity index (χ1n) is 6.96. The van der Waals surface area contributed by atoms with Crippen molar-refractivity contribution in [3.8, 4) is 5.75 Å². The van der Waals surface area contributed by atoms with E-state index in [0.29, 0.717) is 18.8 Å². The van der Waals surface area contributed by atoms with Crippen LogP contribution in [0, 0.1) is 0 Å². The number of aromatic carboxylic acids is 1. The van der Waals surface area contributed by atoms with Crippen molar-refractivity contribution in [3.63, 3.8) is 0 Å². The minimum absolute atomic E-state index is 0.121. The van der Waals surface area contributed by atoms with E-state index in [1.54, 1.807) is 6.07 Å². The van der Waals surface area contributed by atoms with Gasteiger partial charge < -0.3 is 19.6 Å². The van der Waals surface area contributed by atoms with E-state index in [0.717, 1.165) is 11.3 Å². The highest BCUT2D eigenvalue weighted by Gasteiger charge is 2.27. The minimum atomic E-state index is -1.13. The number of carbonyl (C=O) groups is 2. The number of carbonyl (C=O) groups excluding carboxylic acids is 1. The third-order valence-corrected chi connectivity index (χ3v) is 3.58. The lowest BCUT2D eigenvalue weighted by Gasteiger charge is -2.24. The van der Waals surface area contributed by atoms with Gasteiger partial charge in [0.1, 0.15) is 11.5 Å². The number of amides is 1. The van der Waals surface area contributed by atoms with Gasteiger partial charge in [0.25, 0.3) is 0 Å². The molecule has 0 aliphatic carbocycles. The van der Waals surface area contributed by atoms with Gasteiger partial charge in [-0.2, -0.15) is 0 Å².